The summed E-state index contributed by atoms with van der Waals surface area (Å²) in [5.74, 6) is -2.52. The van der Waals surface area contributed by atoms with E-state index in [1.807, 2.05) is 0 Å². The average molecular weight is 366 g/mol. The molecule has 1 nitrogen and oxygen atoms in total. The van der Waals surface area contributed by atoms with Gasteiger partial charge in [0.15, 0.2) is 17.4 Å². The summed E-state index contributed by atoms with van der Waals surface area (Å²) in [5, 5.41) is 0. The van der Waals surface area contributed by atoms with Gasteiger partial charge in [0, 0.05) is 15.9 Å². The van der Waals surface area contributed by atoms with Gasteiger partial charge in [-0.05, 0) is 29.8 Å². The normalized spacial score (nSPS) is 10.7. The van der Waals surface area contributed by atoms with Crippen molar-refractivity contribution in [3.8, 4) is 5.75 Å². The van der Waals surface area contributed by atoms with Crippen molar-refractivity contribution in [3.63, 3.8) is 0 Å². The molecule has 0 aliphatic carbocycles. The van der Waals surface area contributed by atoms with Gasteiger partial charge in [0.2, 0.25) is 0 Å². The summed E-state index contributed by atoms with van der Waals surface area (Å²) < 4.78 is 45.9. The minimum Gasteiger partial charge on any atom is -0.483 e. The molecule has 2 aromatic carbocycles. The first-order valence-corrected chi connectivity index (χ1v) is 6.94. The highest BCUT2D eigenvalue weighted by Crippen LogP contribution is 2.26. The zero-order valence-corrected chi connectivity index (χ0v) is 12.4. The molecule has 0 saturated carbocycles. The van der Waals surface area contributed by atoms with E-state index in [-0.39, 0.29) is 12.5 Å². The second kappa shape index (κ2) is 6.50. The van der Waals surface area contributed by atoms with Crippen LogP contribution in [0.4, 0.5) is 13.2 Å². The molecule has 0 aliphatic rings. The topological polar surface area (TPSA) is 9.23 Å². The van der Waals surface area contributed by atoms with Crippen LogP contribution in [0.1, 0.15) is 11.1 Å². The monoisotopic (exact) mass is 364 g/mol. The van der Waals surface area contributed by atoms with Gasteiger partial charge in [-0.3, -0.25) is 0 Å². The third kappa shape index (κ3) is 3.46. The van der Waals surface area contributed by atoms with Crippen molar-refractivity contribution in [3.05, 3.63) is 63.4 Å². The average Bonchev–Trinajstić information content (AvgIpc) is 2.39. The third-order valence-corrected chi connectivity index (χ3v) is 3.65. The van der Waals surface area contributed by atoms with Gasteiger partial charge < -0.3 is 4.74 Å². The molecule has 0 fully saturated rings. The standard InChI is InChI=1S/C14H9BrClF3O/c15-11-5-10(17)2-1-9(11)7-20-14-12(18)3-8(6-16)4-13(14)19/h1-5H,6-7H2. The predicted octanol–water partition coefficient (Wildman–Crippen LogP) is 5.18. The van der Waals surface area contributed by atoms with Crippen molar-refractivity contribution in [1.29, 1.82) is 0 Å². The lowest BCUT2D eigenvalue weighted by molar-refractivity contribution is 0.273. The van der Waals surface area contributed by atoms with E-state index in [1.165, 1.54) is 18.2 Å². The van der Waals surface area contributed by atoms with E-state index in [9.17, 15) is 13.2 Å². The van der Waals surface area contributed by atoms with E-state index >= 15 is 0 Å². The lowest BCUT2D eigenvalue weighted by Gasteiger charge is -2.10. The molecule has 0 atom stereocenters. The maximum absolute atomic E-state index is 13.7. The Bertz CT molecular complexity index is 611. The second-order valence-electron chi connectivity index (χ2n) is 4.05. The fraction of sp³-hybridized carbons (Fsp3) is 0.143. The second-order valence-corrected chi connectivity index (χ2v) is 5.17. The van der Waals surface area contributed by atoms with Crippen LogP contribution < -0.4 is 4.74 Å². The van der Waals surface area contributed by atoms with Gasteiger partial charge in [-0.1, -0.05) is 22.0 Å². The predicted molar refractivity (Wildman–Crippen MR) is 74.3 cm³/mol. The Morgan fingerprint density at radius 2 is 1.70 bits per heavy atom. The van der Waals surface area contributed by atoms with Crippen LogP contribution in [-0.4, -0.2) is 0 Å². The summed E-state index contributed by atoms with van der Waals surface area (Å²) in [6.45, 7) is -0.0884. The Kier molecular flexibility index (Phi) is 4.94. The summed E-state index contributed by atoms with van der Waals surface area (Å²) in [7, 11) is 0. The van der Waals surface area contributed by atoms with Crippen molar-refractivity contribution >= 4 is 27.5 Å². The van der Waals surface area contributed by atoms with Gasteiger partial charge in [0.1, 0.15) is 12.4 Å². The Hall–Kier alpha value is -1.20. The van der Waals surface area contributed by atoms with Crippen LogP contribution in [0, 0.1) is 17.5 Å². The van der Waals surface area contributed by atoms with Crippen LogP contribution in [0.2, 0.25) is 0 Å². The number of rotatable bonds is 4. The van der Waals surface area contributed by atoms with Crippen molar-refractivity contribution in [2.75, 3.05) is 0 Å². The van der Waals surface area contributed by atoms with Crippen molar-refractivity contribution < 1.29 is 17.9 Å². The summed E-state index contributed by atoms with van der Waals surface area (Å²) >= 11 is 8.67. The van der Waals surface area contributed by atoms with E-state index in [1.54, 1.807) is 0 Å². The highest BCUT2D eigenvalue weighted by Gasteiger charge is 2.13. The quantitative estimate of drug-likeness (QED) is 0.678. The number of hydrogen-bond acceptors (Lipinski definition) is 1. The molecule has 6 heteroatoms. The Morgan fingerprint density at radius 1 is 1.05 bits per heavy atom. The number of halogens is 5. The molecule has 0 amide bonds. The SMILES string of the molecule is Fc1ccc(COc2c(F)cc(CCl)cc2F)c(Br)c1. The fourth-order valence-corrected chi connectivity index (χ4v) is 2.24. The first-order chi connectivity index (χ1) is 9.51. The molecular weight excluding hydrogens is 357 g/mol. The van der Waals surface area contributed by atoms with Crippen molar-refractivity contribution in [2.24, 2.45) is 0 Å². The molecule has 0 N–H and O–H groups in total. The molecule has 0 radical (unpaired) electrons. The summed E-state index contributed by atoms with van der Waals surface area (Å²) in [6, 6.07) is 6.20. The molecule has 20 heavy (non-hydrogen) atoms. The third-order valence-electron chi connectivity index (χ3n) is 2.60. The molecule has 0 unspecified atom stereocenters. The smallest absolute Gasteiger partial charge is 0.191 e. The summed E-state index contributed by atoms with van der Waals surface area (Å²) in [6.07, 6.45) is 0. The summed E-state index contributed by atoms with van der Waals surface area (Å²) in [5.41, 5.74) is 0.906. The molecule has 106 valence electrons. The van der Waals surface area contributed by atoms with Crippen LogP contribution in [0.25, 0.3) is 0 Å². The van der Waals surface area contributed by atoms with E-state index in [0.29, 0.717) is 15.6 Å². The zero-order valence-electron chi connectivity index (χ0n) is 10.1. The lowest BCUT2D eigenvalue weighted by atomic mass is 10.2. The number of benzene rings is 2. The molecule has 0 spiro atoms. The number of hydrogen-bond donors (Lipinski definition) is 0. The first kappa shape index (κ1) is 15.2. The van der Waals surface area contributed by atoms with E-state index in [4.69, 9.17) is 16.3 Å². The first-order valence-electron chi connectivity index (χ1n) is 5.62. The van der Waals surface area contributed by atoms with Crippen molar-refractivity contribution in [1.82, 2.24) is 0 Å². The molecule has 0 saturated heterocycles. The maximum Gasteiger partial charge on any atom is 0.191 e. The summed E-state index contributed by atoms with van der Waals surface area (Å²) in [4.78, 5) is 0. The fourth-order valence-electron chi connectivity index (χ4n) is 1.62. The Balaban J connectivity index is 2.19. The van der Waals surface area contributed by atoms with Crippen LogP contribution >= 0.6 is 27.5 Å². The highest BCUT2D eigenvalue weighted by molar-refractivity contribution is 9.10. The molecule has 0 heterocycles. The Labute approximate surface area is 127 Å². The van der Waals surface area contributed by atoms with E-state index in [2.05, 4.69) is 15.9 Å². The van der Waals surface area contributed by atoms with Gasteiger partial charge >= 0.3 is 0 Å². The van der Waals surface area contributed by atoms with Crippen LogP contribution in [0.3, 0.4) is 0 Å². The highest BCUT2D eigenvalue weighted by atomic mass is 79.9. The van der Waals surface area contributed by atoms with Crippen LogP contribution in [0.15, 0.2) is 34.8 Å². The number of alkyl halides is 1. The van der Waals surface area contributed by atoms with Crippen LogP contribution in [0.5, 0.6) is 5.75 Å². The van der Waals surface area contributed by atoms with Gasteiger partial charge in [-0.15, -0.1) is 11.6 Å². The van der Waals surface area contributed by atoms with Gasteiger partial charge in [-0.25, -0.2) is 13.2 Å². The van der Waals surface area contributed by atoms with Gasteiger partial charge in [0.05, 0.1) is 0 Å². The van der Waals surface area contributed by atoms with Gasteiger partial charge in [-0.2, -0.15) is 0 Å². The molecule has 2 aromatic rings. The minimum atomic E-state index is -0.820. The Morgan fingerprint density at radius 3 is 2.25 bits per heavy atom. The lowest BCUT2D eigenvalue weighted by Crippen LogP contribution is -2.01. The number of ether oxygens (including phenoxy) is 1. The van der Waals surface area contributed by atoms with Gasteiger partial charge in [0.25, 0.3) is 0 Å². The molecular formula is C14H9BrClF3O. The molecule has 0 aliphatic heterocycles. The van der Waals surface area contributed by atoms with E-state index < -0.39 is 23.2 Å². The zero-order chi connectivity index (χ0) is 14.7. The van der Waals surface area contributed by atoms with E-state index in [0.717, 1.165) is 12.1 Å². The van der Waals surface area contributed by atoms with Crippen LogP contribution in [-0.2, 0) is 12.5 Å². The maximum atomic E-state index is 13.7. The van der Waals surface area contributed by atoms with Crippen molar-refractivity contribution in [2.45, 2.75) is 12.5 Å². The molecule has 0 bridgehead atoms. The minimum absolute atomic E-state index is 0.0115. The largest absolute Gasteiger partial charge is 0.483 e. The molecule has 0 aromatic heterocycles. The molecule has 2 rings (SSSR count).